The third kappa shape index (κ3) is 5.09. The minimum Gasteiger partial charge on any atom is -0.394 e. The van der Waals surface area contributed by atoms with E-state index in [0.717, 1.165) is 0 Å². The standard InChI is InChI=1S/C18H32O16/c19-1-5-8(22)12(26)14(34-18(4-21)15(28)10(24)6(2-20)33-18)17(32-5)30-3-7-9(23)11(25)13(27)16(29)31-7/h5-17,19-29H,1-4H2/t5-,6-,7-,8-,9-,10-,11+,12+,13-,14-,15+,16+,17-,18+/m1/s1. The number of ether oxygens (including phenoxy) is 5. The van der Waals surface area contributed by atoms with Crippen LogP contribution in [0, 0.1) is 0 Å². The van der Waals surface area contributed by atoms with Crippen LogP contribution in [0.25, 0.3) is 0 Å². The molecule has 34 heavy (non-hydrogen) atoms. The van der Waals surface area contributed by atoms with E-state index in [0.29, 0.717) is 0 Å². The van der Waals surface area contributed by atoms with Crippen molar-refractivity contribution in [2.75, 3.05) is 26.4 Å². The molecule has 16 nitrogen and oxygen atoms in total. The highest BCUT2D eigenvalue weighted by Crippen LogP contribution is 2.37. The normalized spacial score (nSPS) is 52.1. The zero-order valence-corrected chi connectivity index (χ0v) is 17.8. The highest BCUT2D eigenvalue weighted by molar-refractivity contribution is 5.00. The third-order valence-corrected chi connectivity index (χ3v) is 6.18. The summed E-state index contributed by atoms with van der Waals surface area (Å²) in [5.74, 6) is -2.38. The minimum atomic E-state index is -2.38. The van der Waals surface area contributed by atoms with Crippen LogP contribution in [0.15, 0.2) is 0 Å². The predicted molar refractivity (Wildman–Crippen MR) is 101 cm³/mol. The van der Waals surface area contributed by atoms with Crippen LogP contribution in [0.3, 0.4) is 0 Å². The molecule has 0 saturated carbocycles. The molecular weight excluding hydrogens is 472 g/mol. The second-order valence-electron chi connectivity index (χ2n) is 8.40. The van der Waals surface area contributed by atoms with E-state index in [4.69, 9.17) is 23.7 Å². The Hall–Kier alpha value is -0.640. The van der Waals surface area contributed by atoms with Gasteiger partial charge < -0.3 is 79.9 Å². The summed E-state index contributed by atoms with van der Waals surface area (Å²) in [6.07, 6.45) is -21.9. The maximum atomic E-state index is 10.6. The van der Waals surface area contributed by atoms with E-state index in [-0.39, 0.29) is 0 Å². The van der Waals surface area contributed by atoms with Crippen molar-refractivity contribution in [1.29, 1.82) is 0 Å². The van der Waals surface area contributed by atoms with Gasteiger partial charge in [0.1, 0.15) is 73.8 Å². The summed E-state index contributed by atoms with van der Waals surface area (Å²) in [6.45, 7) is -3.23. The first-order valence-corrected chi connectivity index (χ1v) is 10.6. The number of aliphatic hydroxyl groups excluding tert-OH is 11. The van der Waals surface area contributed by atoms with Crippen molar-refractivity contribution in [3.63, 3.8) is 0 Å². The van der Waals surface area contributed by atoms with E-state index in [1.165, 1.54) is 0 Å². The summed E-state index contributed by atoms with van der Waals surface area (Å²) in [7, 11) is 0. The average Bonchev–Trinajstić information content (AvgIpc) is 3.08. The van der Waals surface area contributed by atoms with Gasteiger partial charge in [0.15, 0.2) is 12.6 Å². The fourth-order valence-electron chi connectivity index (χ4n) is 4.07. The molecule has 0 spiro atoms. The highest BCUT2D eigenvalue weighted by Gasteiger charge is 2.59. The monoisotopic (exact) mass is 504 g/mol. The van der Waals surface area contributed by atoms with Crippen LogP contribution in [-0.4, -0.2) is 168 Å². The van der Waals surface area contributed by atoms with Crippen molar-refractivity contribution in [1.82, 2.24) is 0 Å². The quantitative estimate of drug-likeness (QED) is 0.146. The Morgan fingerprint density at radius 1 is 0.647 bits per heavy atom. The number of rotatable bonds is 8. The predicted octanol–water partition coefficient (Wildman–Crippen LogP) is -7.57. The zero-order valence-electron chi connectivity index (χ0n) is 17.8. The molecule has 3 fully saturated rings. The van der Waals surface area contributed by atoms with Crippen LogP contribution in [0.1, 0.15) is 0 Å². The number of hydrogen-bond donors (Lipinski definition) is 11. The molecule has 3 aliphatic rings. The summed E-state index contributed by atoms with van der Waals surface area (Å²) in [5.41, 5.74) is 0. The Morgan fingerprint density at radius 2 is 1.26 bits per heavy atom. The van der Waals surface area contributed by atoms with Crippen LogP contribution >= 0.6 is 0 Å². The molecule has 0 aromatic rings. The number of hydrogen-bond acceptors (Lipinski definition) is 16. The molecule has 3 rings (SSSR count). The van der Waals surface area contributed by atoms with Crippen molar-refractivity contribution >= 4 is 0 Å². The molecule has 3 saturated heterocycles. The van der Waals surface area contributed by atoms with Gasteiger partial charge in [-0.3, -0.25) is 0 Å². The second-order valence-corrected chi connectivity index (χ2v) is 8.40. The third-order valence-electron chi connectivity index (χ3n) is 6.18. The Morgan fingerprint density at radius 3 is 1.82 bits per heavy atom. The van der Waals surface area contributed by atoms with Gasteiger partial charge in [-0.15, -0.1) is 0 Å². The number of aliphatic hydroxyl groups is 11. The smallest absolute Gasteiger partial charge is 0.222 e. The Bertz CT molecular complexity index is 655. The van der Waals surface area contributed by atoms with Gasteiger partial charge in [-0.2, -0.15) is 0 Å². The van der Waals surface area contributed by atoms with E-state index in [2.05, 4.69) is 0 Å². The molecule has 0 radical (unpaired) electrons. The molecule has 0 unspecified atom stereocenters. The van der Waals surface area contributed by atoms with Gasteiger partial charge in [0, 0.05) is 0 Å². The van der Waals surface area contributed by atoms with Crippen molar-refractivity contribution in [3.05, 3.63) is 0 Å². The van der Waals surface area contributed by atoms with Crippen LogP contribution in [0.2, 0.25) is 0 Å². The summed E-state index contributed by atoms with van der Waals surface area (Å²) in [5, 5.41) is 109. The molecule has 0 aromatic heterocycles. The molecule has 0 aliphatic carbocycles. The zero-order chi connectivity index (χ0) is 25.4. The van der Waals surface area contributed by atoms with E-state index < -0.39 is 112 Å². The molecule has 11 N–H and O–H groups in total. The highest BCUT2D eigenvalue weighted by atomic mass is 16.8. The Balaban J connectivity index is 1.79. The van der Waals surface area contributed by atoms with E-state index in [1.54, 1.807) is 0 Å². The summed E-state index contributed by atoms with van der Waals surface area (Å²) in [6, 6.07) is 0. The van der Waals surface area contributed by atoms with Crippen LogP contribution in [-0.2, 0) is 23.7 Å². The molecule has 16 heteroatoms. The molecular formula is C18H32O16. The van der Waals surface area contributed by atoms with Gasteiger partial charge in [0.2, 0.25) is 5.79 Å². The van der Waals surface area contributed by atoms with Crippen LogP contribution < -0.4 is 0 Å². The van der Waals surface area contributed by atoms with Crippen molar-refractivity contribution in [2.45, 2.75) is 85.5 Å². The second kappa shape index (κ2) is 11.2. The first kappa shape index (κ1) is 27.9. The molecule has 200 valence electrons. The van der Waals surface area contributed by atoms with Crippen molar-refractivity contribution < 1.29 is 79.9 Å². The van der Waals surface area contributed by atoms with Crippen molar-refractivity contribution in [3.8, 4) is 0 Å². The Kier molecular flexibility index (Phi) is 9.18. The van der Waals surface area contributed by atoms with Crippen LogP contribution in [0.5, 0.6) is 0 Å². The molecule has 3 heterocycles. The fraction of sp³-hybridized carbons (Fsp3) is 1.00. The lowest BCUT2D eigenvalue weighted by molar-refractivity contribution is -0.377. The van der Waals surface area contributed by atoms with Gasteiger partial charge in [-0.05, 0) is 0 Å². The SMILES string of the molecule is OC[C@H]1O[C@@](CO)(O[C@H]2[C@H](OC[C@H]3O[C@H](O)[C@H](O)[C@@H](O)[C@@H]3O)O[C@H](CO)[C@@H](O)[C@@H]2O)[C@@H](O)[C@@H]1O. The van der Waals surface area contributed by atoms with E-state index in [1.807, 2.05) is 0 Å². The fourth-order valence-corrected chi connectivity index (χ4v) is 4.07. The van der Waals surface area contributed by atoms with Gasteiger partial charge in [-0.25, -0.2) is 0 Å². The molecule has 0 amide bonds. The maximum absolute atomic E-state index is 10.6. The van der Waals surface area contributed by atoms with Gasteiger partial charge >= 0.3 is 0 Å². The summed E-state index contributed by atoms with van der Waals surface area (Å²) >= 11 is 0. The molecule has 0 aromatic carbocycles. The first-order valence-electron chi connectivity index (χ1n) is 10.6. The van der Waals surface area contributed by atoms with Gasteiger partial charge in [0.25, 0.3) is 0 Å². The lowest BCUT2D eigenvalue weighted by Gasteiger charge is -2.45. The summed E-state index contributed by atoms with van der Waals surface area (Å²) in [4.78, 5) is 0. The van der Waals surface area contributed by atoms with E-state index in [9.17, 15) is 56.2 Å². The molecule has 3 aliphatic heterocycles. The maximum Gasteiger partial charge on any atom is 0.222 e. The molecule has 14 atom stereocenters. The average molecular weight is 504 g/mol. The van der Waals surface area contributed by atoms with E-state index >= 15 is 0 Å². The Labute approximate surface area is 192 Å². The lowest BCUT2D eigenvalue weighted by atomic mass is 9.97. The molecule has 0 bridgehead atoms. The topological polar surface area (TPSA) is 269 Å². The van der Waals surface area contributed by atoms with Gasteiger partial charge in [-0.1, -0.05) is 0 Å². The van der Waals surface area contributed by atoms with Crippen molar-refractivity contribution in [2.24, 2.45) is 0 Å². The minimum absolute atomic E-state index is 0.634. The lowest BCUT2D eigenvalue weighted by Crippen LogP contribution is -2.64. The first-order chi connectivity index (χ1) is 16.0. The summed E-state index contributed by atoms with van der Waals surface area (Å²) < 4.78 is 26.7. The van der Waals surface area contributed by atoms with Crippen LogP contribution in [0.4, 0.5) is 0 Å². The van der Waals surface area contributed by atoms with Gasteiger partial charge in [0.05, 0.1) is 19.8 Å². The largest absolute Gasteiger partial charge is 0.394 e.